The van der Waals surface area contributed by atoms with Gasteiger partial charge in [0, 0.05) is 19.0 Å². The van der Waals surface area contributed by atoms with Gasteiger partial charge < -0.3 is 16.4 Å². The number of hydrogen-bond acceptors (Lipinski definition) is 3. The van der Waals surface area contributed by atoms with Gasteiger partial charge in [-0.3, -0.25) is 14.4 Å². The maximum Gasteiger partial charge on any atom is 0.246 e. The molecule has 0 radical (unpaired) electrons. The Balaban J connectivity index is 2.76. The number of rotatable bonds is 6. The number of nitrogens with one attached hydrogen (secondary N) is 2. The second-order valence-corrected chi connectivity index (χ2v) is 6.57. The third kappa shape index (κ3) is 6.50. The average molecular weight is 319 g/mol. The lowest BCUT2D eigenvalue weighted by atomic mass is 9.87. The molecule has 0 saturated heterocycles. The van der Waals surface area contributed by atoms with Crippen LogP contribution in [0.15, 0.2) is 24.3 Å². The molecule has 23 heavy (non-hydrogen) atoms. The van der Waals surface area contributed by atoms with Gasteiger partial charge in [-0.2, -0.15) is 0 Å². The Hall–Kier alpha value is -2.37. The van der Waals surface area contributed by atoms with Gasteiger partial charge in [-0.25, -0.2) is 0 Å². The Kier molecular flexibility index (Phi) is 6.30. The fraction of sp³-hybridized carbons (Fsp3) is 0.471. The van der Waals surface area contributed by atoms with Gasteiger partial charge in [-0.1, -0.05) is 32.9 Å². The minimum atomic E-state index is -0.790. The predicted octanol–water partition coefficient (Wildman–Crippen LogP) is 1.69. The molecule has 0 fully saturated rings. The van der Waals surface area contributed by atoms with Crippen LogP contribution in [-0.2, 0) is 19.8 Å². The molecular formula is C17H25N3O3. The summed E-state index contributed by atoms with van der Waals surface area (Å²) in [6.07, 6.45) is 0.197. The lowest BCUT2D eigenvalue weighted by molar-refractivity contribution is -0.126. The van der Waals surface area contributed by atoms with Crippen LogP contribution in [0.3, 0.4) is 0 Å². The summed E-state index contributed by atoms with van der Waals surface area (Å²) in [6.45, 7) is 7.65. The van der Waals surface area contributed by atoms with Crippen LogP contribution in [0.1, 0.15) is 46.1 Å². The van der Waals surface area contributed by atoms with Crippen molar-refractivity contribution in [1.82, 2.24) is 5.32 Å². The predicted molar refractivity (Wildman–Crippen MR) is 89.8 cm³/mol. The van der Waals surface area contributed by atoms with E-state index in [2.05, 4.69) is 31.4 Å². The molecule has 0 aromatic heterocycles. The van der Waals surface area contributed by atoms with Crippen molar-refractivity contribution in [3.05, 3.63) is 29.8 Å². The maximum atomic E-state index is 12.3. The normalized spacial score (nSPS) is 12.3. The Morgan fingerprint density at radius 2 is 1.70 bits per heavy atom. The minimum absolute atomic E-state index is 0.0291. The number of benzene rings is 1. The molecule has 6 nitrogen and oxygen atoms in total. The highest BCUT2D eigenvalue weighted by Gasteiger charge is 2.20. The zero-order chi connectivity index (χ0) is 17.6. The Morgan fingerprint density at radius 1 is 1.13 bits per heavy atom. The van der Waals surface area contributed by atoms with Crippen LogP contribution in [0.4, 0.5) is 5.69 Å². The largest absolute Gasteiger partial charge is 0.370 e. The first-order valence-electron chi connectivity index (χ1n) is 7.56. The van der Waals surface area contributed by atoms with Crippen LogP contribution in [-0.4, -0.2) is 23.8 Å². The first kappa shape index (κ1) is 18.7. The molecule has 0 bridgehead atoms. The monoisotopic (exact) mass is 319 g/mol. The van der Waals surface area contributed by atoms with Gasteiger partial charge in [0.2, 0.25) is 17.7 Å². The van der Waals surface area contributed by atoms with Crippen molar-refractivity contribution in [2.45, 2.75) is 52.0 Å². The van der Waals surface area contributed by atoms with Gasteiger partial charge in [0.15, 0.2) is 0 Å². The van der Waals surface area contributed by atoms with Crippen molar-refractivity contribution in [3.8, 4) is 0 Å². The van der Waals surface area contributed by atoms with Crippen molar-refractivity contribution in [2.75, 3.05) is 5.32 Å². The zero-order valence-corrected chi connectivity index (χ0v) is 14.1. The molecule has 0 aliphatic rings. The third-order valence-corrected chi connectivity index (χ3v) is 3.39. The van der Waals surface area contributed by atoms with Crippen LogP contribution in [0.25, 0.3) is 0 Å². The van der Waals surface area contributed by atoms with E-state index in [1.165, 1.54) is 6.92 Å². The van der Waals surface area contributed by atoms with E-state index in [1.807, 2.05) is 24.3 Å². The Morgan fingerprint density at radius 3 is 2.13 bits per heavy atom. The van der Waals surface area contributed by atoms with E-state index in [1.54, 1.807) is 0 Å². The molecule has 0 unspecified atom stereocenters. The van der Waals surface area contributed by atoms with E-state index < -0.39 is 11.9 Å². The summed E-state index contributed by atoms with van der Waals surface area (Å²) < 4.78 is 0. The molecule has 0 aliphatic heterocycles. The van der Waals surface area contributed by atoms with Crippen LogP contribution in [0, 0.1) is 0 Å². The maximum absolute atomic E-state index is 12.3. The quantitative estimate of drug-likeness (QED) is 0.743. The van der Waals surface area contributed by atoms with E-state index in [0.29, 0.717) is 5.69 Å². The molecule has 1 atom stereocenters. The van der Waals surface area contributed by atoms with E-state index in [4.69, 9.17) is 5.73 Å². The van der Waals surface area contributed by atoms with E-state index in [0.717, 1.165) is 5.56 Å². The third-order valence-electron chi connectivity index (χ3n) is 3.39. The Labute approximate surface area is 136 Å². The second-order valence-electron chi connectivity index (χ2n) is 6.57. The lowest BCUT2D eigenvalue weighted by Crippen LogP contribution is -2.43. The standard InChI is InChI=1S/C17H25N3O3/c1-11(21)19-14(9-10-15(18)22)16(23)20-13-7-5-12(6-8-13)17(2,3)4/h5-8,14H,9-10H2,1-4H3,(H2,18,22)(H,19,21)(H,20,23)/t14-/m0/s1. The van der Waals surface area contributed by atoms with Gasteiger partial charge in [-0.05, 0) is 29.5 Å². The number of anilines is 1. The number of carbonyl (C=O) groups excluding carboxylic acids is 3. The molecule has 126 valence electrons. The highest BCUT2D eigenvalue weighted by atomic mass is 16.2. The SMILES string of the molecule is CC(=O)N[C@@H](CCC(N)=O)C(=O)Nc1ccc(C(C)(C)C)cc1. The lowest BCUT2D eigenvalue weighted by Gasteiger charge is -2.20. The molecule has 1 rings (SSSR count). The first-order valence-corrected chi connectivity index (χ1v) is 7.56. The molecule has 0 aliphatic carbocycles. The van der Waals surface area contributed by atoms with Crippen molar-refractivity contribution in [2.24, 2.45) is 5.73 Å². The summed E-state index contributed by atoms with van der Waals surface area (Å²) in [5.41, 5.74) is 6.92. The second kappa shape index (κ2) is 7.76. The van der Waals surface area contributed by atoms with Crippen LogP contribution in [0.2, 0.25) is 0 Å². The van der Waals surface area contributed by atoms with Crippen molar-refractivity contribution in [3.63, 3.8) is 0 Å². The van der Waals surface area contributed by atoms with Gasteiger partial charge in [0.1, 0.15) is 6.04 Å². The molecule has 0 spiro atoms. The fourth-order valence-corrected chi connectivity index (χ4v) is 2.08. The van der Waals surface area contributed by atoms with Gasteiger partial charge in [0.05, 0.1) is 0 Å². The van der Waals surface area contributed by atoms with Crippen LogP contribution in [0.5, 0.6) is 0 Å². The highest BCUT2D eigenvalue weighted by molar-refractivity contribution is 5.97. The number of carbonyl (C=O) groups is 3. The van der Waals surface area contributed by atoms with E-state index in [-0.39, 0.29) is 30.1 Å². The van der Waals surface area contributed by atoms with Gasteiger partial charge in [-0.15, -0.1) is 0 Å². The summed E-state index contributed by atoms with van der Waals surface area (Å²) in [5, 5.41) is 5.28. The highest BCUT2D eigenvalue weighted by Crippen LogP contribution is 2.23. The van der Waals surface area contributed by atoms with E-state index >= 15 is 0 Å². The van der Waals surface area contributed by atoms with E-state index in [9.17, 15) is 14.4 Å². The molecule has 6 heteroatoms. The van der Waals surface area contributed by atoms with Crippen molar-refractivity contribution in [1.29, 1.82) is 0 Å². The van der Waals surface area contributed by atoms with Crippen LogP contribution < -0.4 is 16.4 Å². The van der Waals surface area contributed by atoms with Crippen molar-refractivity contribution >= 4 is 23.4 Å². The fourth-order valence-electron chi connectivity index (χ4n) is 2.08. The number of primary amides is 1. The summed E-state index contributed by atoms with van der Waals surface area (Å²) in [4.78, 5) is 34.3. The summed E-state index contributed by atoms with van der Waals surface area (Å²) >= 11 is 0. The number of nitrogens with two attached hydrogens (primary N) is 1. The molecular weight excluding hydrogens is 294 g/mol. The number of amides is 3. The smallest absolute Gasteiger partial charge is 0.246 e. The summed E-state index contributed by atoms with van der Waals surface area (Å²) in [6, 6.07) is 6.75. The topological polar surface area (TPSA) is 101 Å². The minimum Gasteiger partial charge on any atom is -0.370 e. The summed E-state index contributed by atoms with van der Waals surface area (Å²) in [5.74, 6) is -1.22. The Bertz CT molecular complexity index is 574. The van der Waals surface area contributed by atoms with Crippen LogP contribution >= 0.6 is 0 Å². The molecule has 4 N–H and O–H groups in total. The van der Waals surface area contributed by atoms with Gasteiger partial charge >= 0.3 is 0 Å². The average Bonchev–Trinajstić information content (AvgIpc) is 2.42. The molecule has 0 saturated carbocycles. The number of hydrogen-bond donors (Lipinski definition) is 3. The summed E-state index contributed by atoms with van der Waals surface area (Å²) in [7, 11) is 0. The molecule has 3 amide bonds. The first-order chi connectivity index (χ1) is 10.6. The molecule has 1 aromatic carbocycles. The molecule has 1 aromatic rings. The van der Waals surface area contributed by atoms with Crippen molar-refractivity contribution < 1.29 is 14.4 Å². The zero-order valence-electron chi connectivity index (χ0n) is 14.1. The van der Waals surface area contributed by atoms with Gasteiger partial charge in [0.25, 0.3) is 0 Å². The molecule has 0 heterocycles.